The zero-order chi connectivity index (χ0) is 27.8. The molecule has 0 spiro atoms. The van der Waals surface area contributed by atoms with Gasteiger partial charge >= 0.3 is 13.6 Å². The van der Waals surface area contributed by atoms with E-state index >= 15 is 0 Å². The lowest BCUT2D eigenvalue weighted by Gasteiger charge is -2.57. The second-order valence-corrected chi connectivity index (χ2v) is 15.6. The lowest BCUT2D eigenvalue weighted by Crippen LogP contribution is -2.77. The number of fused-ring (bicyclic) bond motifs is 1. The molecule has 1 N–H and O–H groups in total. The van der Waals surface area contributed by atoms with Crippen LogP contribution < -0.4 is 5.32 Å². The molecular weight excluding hydrogens is 555 g/mol. The molecule has 1 fully saturated rings. The summed E-state index contributed by atoms with van der Waals surface area (Å²) in [7, 11) is -4.12. The smallest absolute Gasteiger partial charge is 0.378 e. The van der Waals surface area contributed by atoms with Crippen molar-refractivity contribution in [3.05, 3.63) is 33.4 Å². The zero-order valence-electron chi connectivity index (χ0n) is 22.4. The number of carbonyl (C=O) groups is 3. The van der Waals surface area contributed by atoms with E-state index in [1.807, 2.05) is 17.5 Å². The summed E-state index contributed by atoms with van der Waals surface area (Å²) in [5.74, 6) is -0.897. The van der Waals surface area contributed by atoms with Gasteiger partial charge in [0.15, 0.2) is 4.87 Å². The summed E-state index contributed by atoms with van der Waals surface area (Å²) in [4.78, 5) is 39.4. The van der Waals surface area contributed by atoms with E-state index in [-0.39, 0.29) is 24.4 Å². The molecule has 2 amide bonds. The molecule has 0 bridgehead atoms. The van der Waals surface area contributed by atoms with Crippen molar-refractivity contribution in [1.29, 1.82) is 0 Å². The van der Waals surface area contributed by atoms with Crippen molar-refractivity contribution in [1.82, 2.24) is 10.2 Å². The molecule has 206 valence electrons. The van der Waals surface area contributed by atoms with E-state index in [9.17, 15) is 18.9 Å². The molecule has 37 heavy (non-hydrogen) atoms. The van der Waals surface area contributed by atoms with Gasteiger partial charge in [-0.05, 0) is 59.2 Å². The monoisotopic (exact) mass is 590 g/mol. The molecule has 3 rings (SSSR count). The molecule has 1 saturated heterocycles. The van der Waals surface area contributed by atoms with Crippen molar-refractivity contribution in [3.63, 3.8) is 0 Å². The third-order valence-corrected chi connectivity index (χ3v) is 11.3. The van der Waals surface area contributed by atoms with E-state index in [0.29, 0.717) is 11.3 Å². The maximum absolute atomic E-state index is 14.6. The SMILES string of the molecule is CS[C@@]1(NC(=O)Cc2cccs2)C(=O)N2C(P(=O)(OC(C)(C)C)OC(C)(C)C)=C(COC(C)=O)CS[C@H]21. The number of hydrogen-bond donors (Lipinski definition) is 1. The molecule has 1 aromatic heterocycles. The van der Waals surface area contributed by atoms with Crippen LogP contribution in [-0.2, 0) is 39.2 Å². The summed E-state index contributed by atoms with van der Waals surface area (Å²) >= 11 is 4.11. The Morgan fingerprint density at radius 3 is 2.32 bits per heavy atom. The highest BCUT2D eigenvalue weighted by Crippen LogP contribution is 2.67. The minimum Gasteiger partial charge on any atom is -0.461 e. The van der Waals surface area contributed by atoms with Gasteiger partial charge in [-0.3, -0.25) is 32.9 Å². The summed E-state index contributed by atoms with van der Waals surface area (Å²) in [5.41, 5.74) is -1.19. The van der Waals surface area contributed by atoms with Crippen LogP contribution in [0, 0.1) is 0 Å². The van der Waals surface area contributed by atoms with Crippen LogP contribution in [0.2, 0.25) is 0 Å². The van der Waals surface area contributed by atoms with E-state index in [4.69, 9.17) is 13.8 Å². The molecule has 0 aromatic carbocycles. The summed E-state index contributed by atoms with van der Waals surface area (Å²) in [6.45, 7) is 11.6. The maximum Gasteiger partial charge on any atom is 0.378 e. The number of nitrogens with one attached hydrogen (secondary N) is 1. The molecule has 2 atom stereocenters. The van der Waals surface area contributed by atoms with Crippen LogP contribution in [0.3, 0.4) is 0 Å². The van der Waals surface area contributed by atoms with Gasteiger partial charge in [-0.25, -0.2) is 0 Å². The van der Waals surface area contributed by atoms with Crippen molar-refractivity contribution in [2.45, 2.75) is 76.3 Å². The van der Waals surface area contributed by atoms with Crippen molar-refractivity contribution >= 4 is 60.2 Å². The van der Waals surface area contributed by atoms with Crippen LogP contribution in [0.15, 0.2) is 28.5 Å². The van der Waals surface area contributed by atoms with E-state index in [1.54, 1.807) is 47.8 Å². The van der Waals surface area contributed by atoms with E-state index < -0.39 is 40.9 Å². The van der Waals surface area contributed by atoms with Gasteiger partial charge in [-0.15, -0.1) is 34.9 Å². The Hall–Kier alpha value is -1.30. The second kappa shape index (κ2) is 11.1. The first-order valence-electron chi connectivity index (χ1n) is 11.7. The third-order valence-electron chi connectivity index (χ3n) is 5.14. The Morgan fingerprint density at radius 2 is 1.84 bits per heavy atom. The van der Waals surface area contributed by atoms with Crippen molar-refractivity contribution < 1.29 is 32.7 Å². The van der Waals surface area contributed by atoms with Crippen molar-refractivity contribution in [2.75, 3.05) is 18.6 Å². The highest BCUT2D eigenvalue weighted by Gasteiger charge is 2.67. The quantitative estimate of drug-likeness (QED) is 0.184. The highest BCUT2D eigenvalue weighted by molar-refractivity contribution is 8.05. The van der Waals surface area contributed by atoms with Gasteiger partial charge in [0.05, 0.1) is 17.6 Å². The number of amides is 2. The minimum absolute atomic E-state index is 0.0875. The Labute approximate surface area is 231 Å². The zero-order valence-corrected chi connectivity index (χ0v) is 25.8. The standard InChI is InChI=1S/C24H35N2O7PS3/c1-15(27)31-13-16-14-37-21-24(35-8,25-18(28)12-17-10-9-11-36-17)20(29)26(21)19(16)34(30,32-22(2,3)4)33-23(5,6)7/h9-11,21H,12-14H2,1-8H3,(H,25,28)/t21-,24-/m0/s1. The number of thiophene rings is 1. The largest absolute Gasteiger partial charge is 0.461 e. The molecule has 3 heterocycles. The van der Waals surface area contributed by atoms with Crippen LogP contribution >= 0.6 is 42.5 Å². The summed E-state index contributed by atoms with van der Waals surface area (Å²) in [5, 5.41) is 4.28. The number of rotatable bonds is 9. The molecule has 9 nitrogen and oxygen atoms in total. The molecule has 0 radical (unpaired) electrons. The number of carbonyl (C=O) groups excluding carboxylic acids is 3. The maximum atomic E-state index is 14.6. The fraction of sp³-hybridized carbons (Fsp3) is 0.625. The molecule has 2 aliphatic heterocycles. The van der Waals surface area contributed by atoms with Gasteiger partial charge in [-0.1, -0.05) is 6.07 Å². The first-order chi connectivity index (χ1) is 17.0. The predicted molar refractivity (Wildman–Crippen MR) is 148 cm³/mol. The average molecular weight is 591 g/mol. The number of ether oxygens (including phenoxy) is 1. The normalized spacial score (nSPS) is 22.4. The van der Waals surface area contributed by atoms with Crippen LogP contribution in [0.4, 0.5) is 0 Å². The van der Waals surface area contributed by atoms with Gasteiger partial charge in [0.25, 0.3) is 5.91 Å². The average Bonchev–Trinajstić information content (AvgIpc) is 3.25. The number of nitrogens with zero attached hydrogens (tertiary/aromatic N) is 1. The Morgan fingerprint density at radius 1 is 1.22 bits per heavy atom. The van der Waals surface area contributed by atoms with Crippen LogP contribution in [-0.4, -0.2) is 62.7 Å². The van der Waals surface area contributed by atoms with E-state index in [0.717, 1.165) is 4.88 Å². The predicted octanol–water partition coefficient (Wildman–Crippen LogP) is 4.98. The van der Waals surface area contributed by atoms with Gasteiger partial charge in [0.2, 0.25) is 5.91 Å². The summed E-state index contributed by atoms with van der Waals surface area (Å²) < 4.78 is 32.0. The highest BCUT2D eigenvalue weighted by atomic mass is 32.2. The first kappa shape index (κ1) is 30.2. The Balaban J connectivity index is 2.04. The van der Waals surface area contributed by atoms with Crippen LogP contribution in [0.25, 0.3) is 0 Å². The van der Waals surface area contributed by atoms with Crippen molar-refractivity contribution in [3.8, 4) is 0 Å². The Kier molecular flexibility index (Phi) is 9.04. The lowest BCUT2D eigenvalue weighted by molar-refractivity contribution is -0.148. The third kappa shape index (κ3) is 6.83. The first-order valence-corrected chi connectivity index (χ1v) is 16.4. The number of thioether (sulfide) groups is 2. The van der Waals surface area contributed by atoms with Gasteiger partial charge in [-0.2, -0.15) is 0 Å². The summed E-state index contributed by atoms with van der Waals surface area (Å²) in [6.07, 6.45) is 1.92. The molecule has 2 aliphatic rings. The molecule has 0 aliphatic carbocycles. The molecule has 1 aromatic rings. The fourth-order valence-electron chi connectivity index (χ4n) is 3.94. The fourth-order valence-corrected chi connectivity index (χ4v) is 10.1. The molecular formula is C24H35N2O7PS3. The van der Waals surface area contributed by atoms with Crippen LogP contribution in [0.5, 0.6) is 0 Å². The summed E-state index contributed by atoms with van der Waals surface area (Å²) in [6, 6.07) is 3.74. The number of esters is 1. The molecule has 13 heteroatoms. The Bertz CT molecular complexity index is 1100. The van der Waals surface area contributed by atoms with Gasteiger partial charge in [0.1, 0.15) is 17.4 Å². The van der Waals surface area contributed by atoms with E-state index in [1.165, 1.54) is 46.7 Å². The lowest BCUT2D eigenvalue weighted by atomic mass is 10.1. The number of hydrogen-bond acceptors (Lipinski definition) is 10. The number of β-lactam (4-membered cyclic amide) rings is 1. The van der Waals surface area contributed by atoms with Gasteiger partial charge in [0, 0.05) is 23.1 Å². The van der Waals surface area contributed by atoms with Gasteiger partial charge < -0.3 is 10.1 Å². The second-order valence-electron chi connectivity index (χ2n) is 10.7. The van der Waals surface area contributed by atoms with Crippen molar-refractivity contribution in [2.24, 2.45) is 0 Å². The molecule has 0 saturated carbocycles. The van der Waals surface area contributed by atoms with Crippen LogP contribution in [0.1, 0.15) is 53.3 Å². The van der Waals surface area contributed by atoms with E-state index in [2.05, 4.69) is 5.32 Å². The topological polar surface area (TPSA) is 111 Å². The minimum atomic E-state index is -4.12. The molecule has 0 unspecified atom stereocenters.